The third kappa shape index (κ3) is 4.45. The van der Waals surface area contributed by atoms with E-state index in [1.807, 2.05) is 97.1 Å². The van der Waals surface area contributed by atoms with E-state index in [4.69, 9.17) is 0 Å². The van der Waals surface area contributed by atoms with E-state index in [0.717, 1.165) is 66.4 Å². The van der Waals surface area contributed by atoms with Gasteiger partial charge in [-0.15, -0.1) is 0 Å². The maximum absolute atomic E-state index is 4.39. The third-order valence-electron chi connectivity index (χ3n) is 6.37. The van der Waals surface area contributed by atoms with Gasteiger partial charge in [0.05, 0.1) is 22.4 Å². The zero-order chi connectivity index (χ0) is 25.3. The van der Waals surface area contributed by atoms with Crippen LogP contribution in [0, 0.1) is 0 Å². The van der Waals surface area contributed by atoms with E-state index in [-0.39, 0.29) is 21.1 Å². The van der Waals surface area contributed by atoms with Gasteiger partial charge in [0.1, 0.15) is 12.7 Å². The largest absolute Gasteiger partial charge is 2.00 e. The van der Waals surface area contributed by atoms with E-state index in [1.165, 1.54) is 0 Å². The van der Waals surface area contributed by atoms with Crippen LogP contribution in [-0.4, -0.2) is 30.1 Å². The Labute approximate surface area is 236 Å². The number of rotatable bonds is 2. The van der Waals surface area contributed by atoms with Crippen LogP contribution in [0.2, 0.25) is 0 Å². The zero-order valence-corrected chi connectivity index (χ0v) is 22.6. The predicted octanol–water partition coefficient (Wildman–Crippen LogP) is 5.60. The van der Waals surface area contributed by atoms with Gasteiger partial charge in [-0.05, 0) is 35.0 Å². The van der Waals surface area contributed by atoms with Crippen LogP contribution < -0.4 is 10.2 Å². The van der Waals surface area contributed by atoms with Gasteiger partial charge in [-0.3, -0.25) is 0 Å². The summed E-state index contributed by atoms with van der Waals surface area (Å²) >= 11 is 0. The molecule has 4 aromatic carbocycles. The van der Waals surface area contributed by atoms with Gasteiger partial charge in [-0.2, -0.15) is 0 Å². The van der Waals surface area contributed by atoms with Crippen LogP contribution in [0.4, 0.5) is 0 Å². The zero-order valence-electron chi connectivity index (χ0n) is 20.3. The molecule has 4 heterocycles. The molecule has 0 unspecified atom stereocenters. The molecule has 0 saturated heterocycles. The average Bonchev–Trinajstić information content (AvgIpc) is 3.62. The van der Waals surface area contributed by atoms with E-state index >= 15 is 0 Å². The fourth-order valence-corrected chi connectivity index (χ4v) is 4.57. The van der Waals surface area contributed by atoms with Gasteiger partial charge < -0.3 is 20.4 Å². The quantitative estimate of drug-likeness (QED) is 0.232. The number of nitrogens with zero attached hydrogens (tertiary/aromatic N) is 8. The Morgan fingerprint density at radius 2 is 0.744 bits per heavy atom. The Kier molecular flexibility index (Phi) is 6.61. The summed E-state index contributed by atoms with van der Waals surface area (Å²) in [5.74, 6) is 0. The summed E-state index contributed by atoms with van der Waals surface area (Å²) in [6.07, 6.45) is 3.14. The van der Waals surface area contributed by atoms with Crippen LogP contribution in [0.3, 0.4) is 0 Å². The van der Waals surface area contributed by atoms with Crippen molar-refractivity contribution < 1.29 is 21.1 Å². The Balaban J connectivity index is 0.000000138. The fourth-order valence-electron chi connectivity index (χ4n) is 4.57. The minimum Gasteiger partial charge on any atom is -0.573 e. The maximum Gasteiger partial charge on any atom is 2.00 e. The van der Waals surface area contributed by atoms with Crippen molar-refractivity contribution in [3.8, 4) is 22.8 Å². The number of aromatic nitrogens is 8. The molecule has 0 amide bonds. The Bertz CT molecular complexity index is 1900. The molecule has 4 aromatic heterocycles. The van der Waals surface area contributed by atoms with Gasteiger partial charge in [0, 0.05) is 21.8 Å². The fraction of sp³-hybridized carbons (Fsp3) is 0. The van der Waals surface area contributed by atoms with Crippen LogP contribution in [-0.2, 0) is 21.1 Å². The SMILES string of the molecule is [Pt+2].c1ccc2c(-c3[n-]nc4ccccc34)ncnc2c1.c1ccc2c(-c3[n-]nc4ccccc34)ncnc2c1. The van der Waals surface area contributed by atoms with Gasteiger partial charge in [0.2, 0.25) is 0 Å². The second kappa shape index (κ2) is 10.5. The second-order valence-electron chi connectivity index (χ2n) is 8.61. The summed E-state index contributed by atoms with van der Waals surface area (Å²) in [6, 6.07) is 31.7. The molecule has 0 bridgehead atoms. The van der Waals surface area contributed by atoms with Crippen molar-refractivity contribution >= 4 is 43.6 Å². The molecule has 39 heavy (non-hydrogen) atoms. The molecule has 0 aliphatic rings. The molecular formula is C30H18N8Pt. The van der Waals surface area contributed by atoms with Gasteiger partial charge in [0.15, 0.2) is 0 Å². The van der Waals surface area contributed by atoms with Crippen LogP contribution in [0.15, 0.2) is 110 Å². The molecule has 188 valence electrons. The van der Waals surface area contributed by atoms with Gasteiger partial charge in [-0.25, -0.2) is 19.9 Å². The van der Waals surface area contributed by atoms with Crippen molar-refractivity contribution in [2.75, 3.05) is 0 Å². The molecule has 8 rings (SSSR count). The van der Waals surface area contributed by atoms with Crippen molar-refractivity contribution in [2.24, 2.45) is 0 Å². The molecule has 0 spiro atoms. The molecule has 0 radical (unpaired) electrons. The Morgan fingerprint density at radius 1 is 0.385 bits per heavy atom. The summed E-state index contributed by atoms with van der Waals surface area (Å²) in [7, 11) is 0. The summed E-state index contributed by atoms with van der Waals surface area (Å²) in [4.78, 5) is 17.3. The summed E-state index contributed by atoms with van der Waals surface area (Å²) < 4.78 is 0. The molecule has 0 aliphatic heterocycles. The minimum absolute atomic E-state index is 0. The van der Waals surface area contributed by atoms with Gasteiger partial charge in [0.25, 0.3) is 0 Å². The van der Waals surface area contributed by atoms with E-state index in [9.17, 15) is 0 Å². The average molecular weight is 686 g/mol. The van der Waals surface area contributed by atoms with Gasteiger partial charge >= 0.3 is 21.1 Å². The van der Waals surface area contributed by atoms with Crippen molar-refractivity contribution in [3.63, 3.8) is 0 Å². The van der Waals surface area contributed by atoms with E-state index < -0.39 is 0 Å². The molecule has 9 heteroatoms. The molecule has 0 N–H and O–H groups in total. The topological polar surface area (TPSA) is 106 Å². The second-order valence-corrected chi connectivity index (χ2v) is 8.61. The van der Waals surface area contributed by atoms with Crippen molar-refractivity contribution in [1.82, 2.24) is 40.3 Å². The van der Waals surface area contributed by atoms with Crippen molar-refractivity contribution in [1.29, 1.82) is 0 Å². The first kappa shape index (κ1) is 24.5. The van der Waals surface area contributed by atoms with Crippen LogP contribution in [0.1, 0.15) is 0 Å². The van der Waals surface area contributed by atoms with E-state index in [0.29, 0.717) is 0 Å². The smallest absolute Gasteiger partial charge is 0.573 e. The molecule has 0 aliphatic carbocycles. The van der Waals surface area contributed by atoms with Crippen LogP contribution in [0.25, 0.3) is 66.4 Å². The molecular weight excluding hydrogens is 667 g/mol. The number of para-hydroxylation sites is 2. The molecule has 0 fully saturated rings. The normalized spacial score (nSPS) is 10.9. The number of hydrogen-bond acceptors (Lipinski definition) is 6. The summed E-state index contributed by atoms with van der Waals surface area (Å²) in [6.45, 7) is 0. The van der Waals surface area contributed by atoms with E-state index in [2.05, 4.69) is 40.3 Å². The first-order valence-electron chi connectivity index (χ1n) is 12.0. The number of benzene rings is 4. The first-order valence-corrected chi connectivity index (χ1v) is 12.0. The molecule has 8 nitrogen and oxygen atoms in total. The summed E-state index contributed by atoms with van der Waals surface area (Å²) in [5, 5.41) is 21.0. The molecule has 0 atom stereocenters. The molecule has 0 saturated carbocycles. The maximum atomic E-state index is 4.39. The number of fused-ring (bicyclic) bond motifs is 4. The monoisotopic (exact) mass is 685 g/mol. The minimum atomic E-state index is 0. The number of hydrogen-bond donors (Lipinski definition) is 0. The first-order chi connectivity index (χ1) is 18.9. The van der Waals surface area contributed by atoms with Gasteiger partial charge in [-0.1, -0.05) is 84.2 Å². The predicted molar refractivity (Wildman–Crippen MR) is 147 cm³/mol. The summed E-state index contributed by atoms with van der Waals surface area (Å²) in [5.41, 5.74) is 6.90. The third-order valence-corrected chi connectivity index (χ3v) is 6.37. The van der Waals surface area contributed by atoms with E-state index in [1.54, 1.807) is 12.7 Å². The van der Waals surface area contributed by atoms with Crippen molar-refractivity contribution in [3.05, 3.63) is 110 Å². The Morgan fingerprint density at radius 3 is 1.18 bits per heavy atom. The molecule has 8 aromatic rings. The van der Waals surface area contributed by atoms with Crippen LogP contribution in [0.5, 0.6) is 0 Å². The van der Waals surface area contributed by atoms with Crippen LogP contribution >= 0.6 is 0 Å². The van der Waals surface area contributed by atoms with Crippen molar-refractivity contribution in [2.45, 2.75) is 0 Å². The standard InChI is InChI=1S/2C15H9N4.Pt/c2*1-3-7-12-10(5-1)14(17-9-16-12)15-11-6-2-4-8-13(11)18-19-15;/h2*1-9H;/q2*-1;+2. The Hall–Kier alpha value is -4.81.